The number of hydrogen-bond acceptors (Lipinski definition) is 9. The van der Waals surface area contributed by atoms with Crippen molar-refractivity contribution in [2.75, 3.05) is 26.4 Å². The summed E-state index contributed by atoms with van der Waals surface area (Å²) in [7, 11) is 0. The molecule has 0 aliphatic carbocycles. The minimum atomic E-state index is -0.618. The summed E-state index contributed by atoms with van der Waals surface area (Å²) in [6, 6.07) is 36.8. The predicted molar refractivity (Wildman–Crippen MR) is 187 cm³/mol. The molecule has 0 radical (unpaired) electrons. The fraction of sp³-hybridized carbons (Fsp3) is 0.225. The first-order valence-electron chi connectivity index (χ1n) is 15.8. The third-order valence-corrected chi connectivity index (χ3v) is 6.35. The molecule has 0 saturated heterocycles. The number of benzene rings is 4. The molecule has 0 heterocycles. The number of hydrogen-bond donors (Lipinski definition) is 0. The molecule has 0 aromatic heterocycles. The number of nitriles is 2. The second kappa shape index (κ2) is 22.4. The van der Waals surface area contributed by atoms with E-state index in [9.17, 15) is 19.6 Å². The second-order valence-electron chi connectivity index (χ2n) is 9.70. The third-order valence-electron chi connectivity index (χ3n) is 6.35. The van der Waals surface area contributed by atoms with Crippen LogP contribution >= 0.6 is 0 Å². The van der Waals surface area contributed by atoms with Gasteiger partial charge in [0.05, 0.1) is 32.5 Å². The maximum absolute atomic E-state index is 12.2. The summed E-state index contributed by atoms with van der Waals surface area (Å²) in [6.07, 6.45) is -0.145. The number of carbonyl (C=O) groups excluding carboxylic acids is 3. The Labute approximate surface area is 287 Å². The molecule has 9 heteroatoms. The van der Waals surface area contributed by atoms with E-state index in [0.717, 1.165) is 22.6 Å². The highest BCUT2D eigenvalue weighted by molar-refractivity contribution is 6.09. The zero-order valence-electron chi connectivity index (χ0n) is 28.2. The van der Waals surface area contributed by atoms with Crippen molar-refractivity contribution < 1.29 is 33.3 Å². The van der Waals surface area contributed by atoms with Crippen molar-refractivity contribution in [3.8, 4) is 23.6 Å². The molecule has 4 aromatic rings. The molecule has 0 unspecified atom stereocenters. The molecule has 0 amide bonds. The standard InChI is InChI=1S/C20H19NO3.C15H14O2.C5H7NO2/c1-3-23-17-12-10-16(11-13-17)19(15-8-6-5-7-9-15)18(14-21)20(22)24-4-2;1-2-17-14-10-8-13(9-11-14)15(16)12-6-4-3-5-7-12;1-2-8-5(7)3-4-6/h5-13H,3-4H2,1-2H3;3-11H,2H2,1H3;2-3H2,1H3/b19-18+;;. The van der Waals surface area contributed by atoms with Crippen molar-refractivity contribution >= 4 is 23.3 Å². The normalized spacial score (nSPS) is 10.2. The molecule has 0 fully saturated rings. The van der Waals surface area contributed by atoms with E-state index >= 15 is 0 Å². The van der Waals surface area contributed by atoms with E-state index in [2.05, 4.69) is 4.74 Å². The van der Waals surface area contributed by atoms with Crippen molar-refractivity contribution in [1.82, 2.24) is 0 Å². The summed E-state index contributed by atoms with van der Waals surface area (Å²) in [5.41, 5.74) is 3.48. The van der Waals surface area contributed by atoms with Crippen LogP contribution in [0.3, 0.4) is 0 Å². The summed E-state index contributed by atoms with van der Waals surface area (Å²) in [6.45, 7) is 9.04. The summed E-state index contributed by atoms with van der Waals surface area (Å²) < 4.78 is 20.2. The van der Waals surface area contributed by atoms with Crippen LogP contribution in [0, 0.1) is 22.7 Å². The van der Waals surface area contributed by atoms with E-state index in [-0.39, 0.29) is 24.4 Å². The zero-order chi connectivity index (χ0) is 35.9. The fourth-order valence-corrected chi connectivity index (χ4v) is 4.25. The van der Waals surface area contributed by atoms with Gasteiger partial charge in [-0.05, 0) is 75.2 Å². The molecule has 0 aliphatic rings. The fourth-order valence-electron chi connectivity index (χ4n) is 4.25. The molecule has 0 atom stereocenters. The number of rotatable bonds is 12. The lowest BCUT2D eigenvalue weighted by molar-refractivity contribution is -0.142. The molecule has 0 saturated carbocycles. The Morgan fingerprint density at radius 1 is 0.551 bits per heavy atom. The third kappa shape index (κ3) is 13.2. The highest BCUT2D eigenvalue weighted by Crippen LogP contribution is 2.29. The first-order valence-corrected chi connectivity index (χ1v) is 15.8. The molecule has 9 nitrogen and oxygen atoms in total. The van der Waals surface area contributed by atoms with Crippen LogP contribution in [0.5, 0.6) is 11.5 Å². The average Bonchev–Trinajstić information content (AvgIpc) is 3.13. The minimum Gasteiger partial charge on any atom is -0.494 e. The number of carbonyl (C=O) groups is 3. The molecule has 4 aromatic carbocycles. The molecule has 49 heavy (non-hydrogen) atoms. The van der Waals surface area contributed by atoms with E-state index in [1.165, 1.54) is 0 Å². The van der Waals surface area contributed by atoms with Gasteiger partial charge in [0.2, 0.25) is 0 Å². The number of ether oxygens (including phenoxy) is 4. The summed E-state index contributed by atoms with van der Waals surface area (Å²) in [5, 5.41) is 17.4. The van der Waals surface area contributed by atoms with Crippen LogP contribution in [-0.2, 0) is 19.1 Å². The maximum Gasteiger partial charge on any atom is 0.349 e. The van der Waals surface area contributed by atoms with Crippen LogP contribution in [0.2, 0.25) is 0 Å². The van der Waals surface area contributed by atoms with Gasteiger partial charge in [0.25, 0.3) is 0 Å². The van der Waals surface area contributed by atoms with E-state index in [1.54, 1.807) is 32.0 Å². The van der Waals surface area contributed by atoms with Crippen LogP contribution in [0.1, 0.15) is 61.2 Å². The van der Waals surface area contributed by atoms with Crippen LogP contribution in [0.15, 0.2) is 115 Å². The molecular formula is C40H40N2O7. The Morgan fingerprint density at radius 2 is 0.980 bits per heavy atom. The zero-order valence-corrected chi connectivity index (χ0v) is 28.2. The number of ketones is 1. The van der Waals surface area contributed by atoms with Crippen LogP contribution in [0.25, 0.3) is 5.57 Å². The van der Waals surface area contributed by atoms with Crippen molar-refractivity contribution in [3.05, 3.63) is 137 Å². The van der Waals surface area contributed by atoms with E-state index in [1.807, 2.05) is 117 Å². The van der Waals surface area contributed by atoms with Crippen molar-refractivity contribution in [1.29, 1.82) is 10.5 Å². The maximum atomic E-state index is 12.2. The quantitative estimate of drug-likeness (QED) is 0.0646. The van der Waals surface area contributed by atoms with Crippen molar-refractivity contribution in [2.45, 2.75) is 34.1 Å². The lowest BCUT2D eigenvalue weighted by Gasteiger charge is -2.12. The first-order chi connectivity index (χ1) is 23.8. The Hall–Kier alpha value is -6.19. The second-order valence-corrected chi connectivity index (χ2v) is 9.70. The molecule has 252 valence electrons. The first kappa shape index (κ1) is 39.0. The summed E-state index contributed by atoms with van der Waals surface area (Å²) in [4.78, 5) is 34.5. The number of esters is 2. The van der Waals surface area contributed by atoms with Gasteiger partial charge in [-0.15, -0.1) is 0 Å². The SMILES string of the molecule is CCOC(=O)/C(C#N)=C(\c1ccccc1)c1ccc(OCC)cc1.CCOC(=O)CC#N.CCOc1ccc(C(=O)c2ccccc2)cc1. The Bertz CT molecular complexity index is 1720. The van der Waals surface area contributed by atoms with Gasteiger partial charge >= 0.3 is 11.9 Å². The monoisotopic (exact) mass is 660 g/mol. The smallest absolute Gasteiger partial charge is 0.349 e. The molecule has 0 spiro atoms. The van der Waals surface area contributed by atoms with Crippen molar-refractivity contribution in [3.63, 3.8) is 0 Å². The van der Waals surface area contributed by atoms with Gasteiger partial charge in [0.15, 0.2) is 5.78 Å². The van der Waals surface area contributed by atoms with Crippen LogP contribution in [-0.4, -0.2) is 44.1 Å². The lowest BCUT2D eigenvalue weighted by Crippen LogP contribution is -2.09. The highest BCUT2D eigenvalue weighted by atomic mass is 16.5. The minimum absolute atomic E-state index is 0.00721. The van der Waals surface area contributed by atoms with Gasteiger partial charge in [-0.2, -0.15) is 10.5 Å². The molecule has 0 bridgehead atoms. The van der Waals surface area contributed by atoms with E-state index in [0.29, 0.717) is 36.5 Å². The van der Waals surface area contributed by atoms with Gasteiger partial charge in [0.1, 0.15) is 29.6 Å². The Balaban J connectivity index is 0.000000289. The van der Waals surface area contributed by atoms with Crippen LogP contribution < -0.4 is 9.47 Å². The molecule has 4 rings (SSSR count). The highest BCUT2D eigenvalue weighted by Gasteiger charge is 2.19. The van der Waals surface area contributed by atoms with Crippen LogP contribution in [0.4, 0.5) is 0 Å². The summed E-state index contributed by atoms with van der Waals surface area (Å²) >= 11 is 0. The van der Waals surface area contributed by atoms with Gasteiger partial charge < -0.3 is 18.9 Å². The molecule has 0 aliphatic heterocycles. The molecule has 0 N–H and O–H groups in total. The van der Waals surface area contributed by atoms with Gasteiger partial charge in [0, 0.05) is 16.7 Å². The topological polar surface area (TPSA) is 136 Å². The Morgan fingerprint density at radius 3 is 1.41 bits per heavy atom. The Kier molecular flexibility index (Phi) is 17.8. The van der Waals surface area contributed by atoms with Crippen molar-refractivity contribution in [2.24, 2.45) is 0 Å². The largest absolute Gasteiger partial charge is 0.494 e. The van der Waals surface area contributed by atoms with Gasteiger partial charge in [-0.25, -0.2) is 4.79 Å². The van der Waals surface area contributed by atoms with E-state index in [4.69, 9.17) is 19.5 Å². The van der Waals surface area contributed by atoms with E-state index < -0.39 is 11.9 Å². The predicted octanol–water partition coefficient (Wildman–Crippen LogP) is 7.75. The molecular weight excluding hydrogens is 620 g/mol. The van der Waals surface area contributed by atoms with Gasteiger partial charge in [-0.3, -0.25) is 9.59 Å². The number of nitrogens with zero attached hydrogens (tertiary/aromatic N) is 2. The average molecular weight is 661 g/mol. The summed E-state index contributed by atoms with van der Waals surface area (Å²) in [5.74, 6) is 0.497. The lowest BCUT2D eigenvalue weighted by atomic mass is 9.93. The van der Waals surface area contributed by atoms with Gasteiger partial charge in [-0.1, -0.05) is 72.8 Å².